The van der Waals surface area contributed by atoms with Crippen LogP contribution in [0.3, 0.4) is 0 Å². The molecule has 0 aliphatic carbocycles. The molecule has 0 bridgehead atoms. The predicted molar refractivity (Wildman–Crippen MR) is 95.9 cm³/mol. The average molecular weight is 338 g/mol. The summed E-state index contributed by atoms with van der Waals surface area (Å²) in [5.41, 5.74) is 1.87. The van der Waals surface area contributed by atoms with Crippen LogP contribution < -0.4 is 9.47 Å². The Bertz CT molecular complexity index is 879. The number of thiazole rings is 1. The maximum absolute atomic E-state index is 9.04. The van der Waals surface area contributed by atoms with Crippen LogP contribution in [-0.4, -0.2) is 11.1 Å². The largest absolute Gasteiger partial charge is 0.491 e. The zero-order valence-electron chi connectivity index (χ0n) is 13.8. The fourth-order valence-corrected chi connectivity index (χ4v) is 3.15. The fraction of sp³-hybridized carbons (Fsp3) is 0.263. The van der Waals surface area contributed by atoms with Crippen LogP contribution in [0.15, 0.2) is 42.5 Å². The van der Waals surface area contributed by atoms with Crippen molar-refractivity contribution < 1.29 is 9.47 Å². The van der Waals surface area contributed by atoms with E-state index in [0.717, 1.165) is 27.3 Å². The summed E-state index contributed by atoms with van der Waals surface area (Å²) in [6.45, 7) is 5.88. The number of aromatic nitrogens is 1. The Morgan fingerprint density at radius 2 is 1.75 bits per heavy atom. The van der Waals surface area contributed by atoms with Gasteiger partial charge >= 0.3 is 0 Å². The van der Waals surface area contributed by atoms with Crippen molar-refractivity contribution in [3.8, 4) is 22.8 Å². The van der Waals surface area contributed by atoms with E-state index in [9.17, 15) is 0 Å². The maximum atomic E-state index is 9.04. The van der Waals surface area contributed by atoms with E-state index >= 15 is 0 Å². The number of rotatable bonds is 5. The molecule has 4 nitrogen and oxygen atoms in total. The first-order valence-electron chi connectivity index (χ1n) is 7.80. The van der Waals surface area contributed by atoms with E-state index in [2.05, 4.69) is 11.1 Å². The second-order valence-electron chi connectivity index (χ2n) is 5.80. The highest BCUT2D eigenvalue weighted by Gasteiger charge is 2.10. The molecule has 1 unspecified atom stereocenters. The lowest BCUT2D eigenvalue weighted by molar-refractivity contribution is 0.242. The van der Waals surface area contributed by atoms with Crippen LogP contribution in [0.25, 0.3) is 10.2 Å². The van der Waals surface area contributed by atoms with Crippen LogP contribution >= 0.6 is 11.3 Å². The number of nitriles is 1. The SMILES string of the molecule is CC(C)Oc1ccc(Oc2nc3ccc(C(C)C#N)cc3s2)cc1. The molecule has 2 aromatic carbocycles. The molecule has 0 radical (unpaired) electrons. The van der Waals surface area contributed by atoms with E-state index in [1.54, 1.807) is 0 Å². The van der Waals surface area contributed by atoms with E-state index < -0.39 is 0 Å². The van der Waals surface area contributed by atoms with Crippen LogP contribution in [0, 0.1) is 11.3 Å². The van der Waals surface area contributed by atoms with Crippen molar-refractivity contribution in [2.24, 2.45) is 0 Å². The topological polar surface area (TPSA) is 55.1 Å². The van der Waals surface area contributed by atoms with Crippen molar-refractivity contribution in [2.45, 2.75) is 32.8 Å². The molecule has 0 N–H and O–H groups in total. The lowest BCUT2D eigenvalue weighted by atomic mass is 10.0. The van der Waals surface area contributed by atoms with Gasteiger partial charge in [0.1, 0.15) is 11.5 Å². The summed E-state index contributed by atoms with van der Waals surface area (Å²) in [6, 6.07) is 15.6. The molecule has 24 heavy (non-hydrogen) atoms. The van der Waals surface area contributed by atoms with Gasteiger partial charge in [0.05, 0.1) is 28.3 Å². The first kappa shape index (κ1) is 16.3. The van der Waals surface area contributed by atoms with Crippen molar-refractivity contribution in [2.75, 3.05) is 0 Å². The molecular weight excluding hydrogens is 320 g/mol. The number of nitrogens with zero attached hydrogens (tertiary/aromatic N) is 2. The minimum atomic E-state index is -0.130. The van der Waals surface area contributed by atoms with E-state index in [0.29, 0.717) is 5.19 Å². The number of ether oxygens (including phenoxy) is 2. The summed E-state index contributed by atoms with van der Waals surface area (Å²) in [6.07, 6.45) is 0.144. The molecule has 3 aromatic rings. The third kappa shape index (κ3) is 3.66. The third-order valence-corrected chi connectivity index (χ3v) is 4.38. The Balaban J connectivity index is 1.79. The van der Waals surface area contributed by atoms with Gasteiger partial charge in [0.25, 0.3) is 5.19 Å². The second kappa shape index (κ2) is 6.90. The highest BCUT2D eigenvalue weighted by atomic mass is 32.1. The molecule has 0 aliphatic rings. The van der Waals surface area contributed by atoms with Gasteiger partial charge in [0.15, 0.2) is 0 Å². The van der Waals surface area contributed by atoms with Crippen molar-refractivity contribution >= 4 is 21.6 Å². The zero-order chi connectivity index (χ0) is 17.1. The zero-order valence-corrected chi connectivity index (χ0v) is 14.6. The fourth-order valence-electron chi connectivity index (χ4n) is 2.27. The van der Waals surface area contributed by atoms with Gasteiger partial charge in [-0.05, 0) is 62.7 Å². The Hall–Kier alpha value is -2.58. The highest BCUT2D eigenvalue weighted by molar-refractivity contribution is 7.20. The van der Waals surface area contributed by atoms with Gasteiger partial charge in [-0.3, -0.25) is 0 Å². The van der Waals surface area contributed by atoms with Gasteiger partial charge in [-0.15, -0.1) is 0 Å². The molecule has 3 rings (SSSR count). The third-order valence-electron chi connectivity index (χ3n) is 3.49. The molecule has 0 aliphatic heterocycles. The standard InChI is InChI=1S/C19H18N2O2S/c1-12(2)22-15-5-7-16(8-6-15)23-19-21-17-9-4-14(13(3)11-20)10-18(17)24-19/h4-10,12-13H,1-3H3. The molecule has 1 heterocycles. The van der Waals surface area contributed by atoms with Gasteiger partial charge in [-0.1, -0.05) is 17.4 Å². The summed E-state index contributed by atoms with van der Waals surface area (Å²) in [5, 5.41) is 9.63. The summed E-state index contributed by atoms with van der Waals surface area (Å²) < 4.78 is 12.5. The van der Waals surface area contributed by atoms with Crippen LogP contribution in [0.2, 0.25) is 0 Å². The Kier molecular flexibility index (Phi) is 4.68. The van der Waals surface area contributed by atoms with Gasteiger partial charge in [-0.2, -0.15) is 5.26 Å². The van der Waals surface area contributed by atoms with E-state index in [4.69, 9.17) is 14.7 Å². The molecule has 0 spiro atoms. The van der Waals surface area contributed by atoms with Gasteiger partial charge in [0.2, 0.25) is 0 Å². The molecule has 0 saturated heterocycles. The van der Waals surface area contributed by atoms with E-state index in [-0.39, 0.29) is 12.0 Å². The lowest BCUT2D eigenvalue weighted by Gasteiger charge is -2.09. The first-order chi connectivity index (χ1) is 11.5. The summed E-state index contributed by atoms with van der Waals surface area (Å²) in [5.74, 6) is 1.40. The number of hydrogen-bond acceptors (Lipinski definition) is 5. The van der Waals surface area contributed by atoms with E-state index in [1.165, 1.54) is 11.3 Å². The second-order valence-corrected chi connectivity index (χ2v) is 6.79. The molecule has 122 valence electrons. The predicted octanol–water partition coefficient (Wildman–Crippen LogP) is 5.50. The average Bonchev–Trinajstić information content (AvgIpc) is 2.96. The van der Waals surface area contributed by atoms with Gasteiger partial charge in [-0.25, -0.2) is 4.98 Å². The number of benzene rings is 2. The minimum Gasteiger partial charge on any atom is -0.491 e. The Morgan fingerprint density at radius 3 is 2.42 bits per heavy atom. The Labute approximate surface area is 145 Å². The molecule has 1 atom stereocenters. The van der Waals surface area contributed by atoms with Crippen molar-refractivity contribution in [1.82, 2.24) is 4.98 Å². The first-order valence-corrected chi connectivity index (χ1v) is 8.61. The smallest absolute Gasteiger partial charge is 0.279 e. The van der Waals surface area contributed by atoms with Crippen molar-refractivity contribution in [3.63, 3.8) is 0 Å². The normalized spacial score (nSPS) is 12.1. The summed E-state index contributed by atoms with van der Waals surface area (Å²) in [7, 11) is 0. The van der Waals surface area contributed by atoms with E-state index in [1.807, 2.05) is 63.2 Å². The Morgan fingerprint density at radius 1 is 1.04 bits per heavy atom. The van der Waals surface area contributed by atoms with Gasteiger partial charge in [0, 0.05) is 0 Å². The quantitative estimate of drug-likeness (QED) is 0.616. The van der Waals surface area contributed by atoms with Gasteiger partial charge < -0.3 is 9.47 Å². The summed E-state index contributed by atoms with van der Waals surface area (Å²) >= 11 is 1.48. The maximum Gasteiger partial charge on any atom is 0.279 e. The monoisotopic (exact) mass is 338 g/mol. The van der Waals surface area contributed by atoms with Crippen LogP contribution in [0.1, 0.15) is 32.3 Å². The van der Waals surface area contributed by atoms with Crippen LogP contribution in [-0.2, 0) is 0 Å². The molecule has 0 fully saturated rings. The highest BCUT2D eigenvalue weighted by Crippen LogP contribution is 2.33. The molecule has 0 saturated carbocycles. The molecule has 1 aromatic heterocycles. The lowest BCUT2D eigenvalue weighted by Crippen LogP contribution is -2.05. The number of fused-ring (bicyclic) bond motifs is 1. The molecular formula is C19H18N2O2S. The summed E-state index contributed by atoms with van der Waals surface area (Å²) in [4.78, 5) is 4.49. The van der Waals surface area contributed by atoms with Crippen LogP contribution in [0.5, 0.6) is 16.7 Å². The molecule has 0 amide bonds. The van der Waals surface area contributed by atoms with Crippen LogP contribution in [0.4, 0.5) is 0 Å². The van der Waals surface area contributed by atoms with Crippen molar-refractivity contribution in [1.29, 1.82) is 5.26 Å². The minimum absolute atomic E-state index is 0.130. The van der Waals surface area contributed by atoms with Crippen molar-refractivity contribution in [3.05, 3.63) is 48.0 Å². The molecule has 5 heteroatoms. The number of hydrogen-bond donors (Lipinski definition) is 0.